The molecule has 0 aliphatic carbocycles. The molecule has 7 heteroatoms. The van der Waals surface area contributed by atoms with Crippen LogP contribution in [-0.2, 0) is 9.63 Å². The van der Waals surface area contributed by atoms with Crippen molar-refractivity contribution in [1.82, 2.24) is 5.06 Å². The predicted molar refractivity (Wildman–Crippen MR) is 62.7 cm³/mol. The highest BCUT2D eigenvalue weighted by molar-refractivity contribution is 5.75. The molecule has 3 nitrogen and oxygen atoms in total. The van der Waals surface area contributed by atoms with Crippen LogP contribution in [-0.4, -0.2) is 30.3 Å². The van der Waals surface area contributed by atoms with Crippen LogP contribution >= 0.6 is 0 Å². The monoisotopic (exact) mass is 289 g/mol. The Balaban J connectivity index is 2.01. The van der Waals surface area contributed by atoms with Crippen molar-refractivity contribution in [1.29, 1.82) is 0 Å². The first-order chi connectivity index (χ1) is 9.38. The van der Waals surface area contributed by atoms with Gasteiger partial charge in [-0.2, -0.15) is 13.2 Å². The lowest BCUT2D eigenvalue weighted by Crippen LogP contribution is -2.37. The van der Waals surface area contributed by atoms with Gasteiger partial charge in [0.15, 0.2) is 0 Å². The van der Waals surface area contributed by atoms with E-state index in [0.717, 1.165) is 5.06 Å². The van der Waals surface area contributed by atoms with E-state index in [4.69, 9.17) is 0 Å². The molecular weight excluding hydrogens is 278 g/mol. The van der Waals surface area contributed by atoms with Crippen LogP contribution in [0.25, 0.3) is 5.57 Å². The van der Waals surface area contributed by atoms with Gasteiger partial charge in [0.25, 0.3) is 0 Å². The lowest BCUT2D eigenvalue weighted by Gasteiger charge is -2.25. The molecule has 20 heavy (non-hydrogen) atoms. The van der Waals surface area contributed by atoms with Crippen LogP contribution in [0.3, 0.4) is 0 Å². The fraction of sp³-hybridized carbons (Fsp3) is 0.308. The first kappa shape index (κ1) is 14.5. The summed E-state index contributed by atoms with van der Waals surface area (Å²) in [4.78, 5) is 14.9. The summed E-state index contributed by atoms with van der Waals surface area (Å²) in [6.07, 6.45) is -3.17. The SMILES string of the molecule is O=C(ON1CC=C(c2ccccc2F)CC1)C(F)(F)F. The average Bonchev–Trinajstić information content (AvgIpc) is 2.39. The summed E-state index contributed by atoms with van der Waals surface area (Å²) in [5.41, 5.74) is 1.09. The lowest BCUT2D eigenvalue weighted by molar-refractivity contribution is -0.237. The van der Waals surface area contributed by atoms with Crippen molar-refractivity contribution in [3.8, 4) is 0 Å². The van der Waals surface area contributed by atoms with E-state index >= 15 is 0 Å². The van der Waals surface area contributed by atoms with Gasteiger partial charge in [0.2, 0.25) is 0 Å². The Kier molecular flexibility index (Phi) is 4.08. The summed E-state index contributed by atoms with van der Waals surface area (Å²) in [5, 5.41) is 0.903. The van der Waals surface area contributed by atoms with Gasteiger partial charge in [-0.15, -0.1) is 5.06 Å². The minimum Gasteiger partial charge on any atom is -0.360 e. The second-order valence-corrected chi connectivity index (χ2v) is 4.22. The molecule has 0 fully saturated rings. The van der Waals surface area contributed by atoms with Crippen molar-refractivity contribution in [3.05, 3.63) is 41.7 Å². The van der Waals surface area contributed by atoms with Crippen LogP contribution in [0, 0.1) is 5.82 Å². The van der Waals surface area contributed by atoms with E-state index in [-0.39, 0.29) is 18.9 Å². The number of nitrogens with zero attached hydrogens (tertiary/aromatic N) is 1. The first-order valence-electron chi connectivity index (χ1n) is 5.86. The number of rotatable bonds is 2. The topological polar surface area (TPSA) is 29.5 Å². The maximum atomic E-state index is 13.5. The summed E-state index contributed by atoms with van der Waals surface area (Å²) in [5.74, 6) is -2.64. The van der Waals surface area contributed by atoms with E-state index in [0.29, 0.717) is 17.6 Å². The van der Waals surface area contributed by atoms with E-state index in [1.54, 1.807) is 24.3 Å². The minimum atomic E-state index is -5.02. The lowest BCUT2D eigenvalue weighted by atomic mass is 10.00. The fourth-order valence-electron chi connectivity index (χ4n) is 1.87. The molecule has 0 unspecified atom stereocenters. The van der Waals surface area contributed by atoms with E-state index < -0.39 is 12.1 Å². The van der Waals surface area contributed by atoms with Crippen molar-refractivity contribution >= 4 is 11.5 Å². The molecule has 0 saturated carbocycles. The van der Waals surface area contributed by atoms with Crippen LogP contribution in [0.15, 0.2) is 30.3 Å². The number of benzene rings is 1. The number of halogens is 4. The van der Waals surface area contributed by atoms with Gasteiger partial charge in [-0.1, -0.05) is 24.3 Å². The van der Waals surface area contributed by atoms with Gasteiger partial charge in [0.05, 0.1) is 6.54 Å². The van der Waals surface area contributed by atoms with Gasteiger partial charge in [-0.3, -0.25) is 0 Å². The molecule has 1 aliphatic heterocycles. The number of alkyl halides is 3. The molecule has 0 atom stereocenters. The molecule has 1 heterocycles. The zero-order valence-corrected chi connectivity index (χ0v) is 10.3. The molecule has 2 rings (SSSR count). The largest absolute Gasteiger partial charge is 0.492 e. The highest BCUT2D eigenvalue weighted by Gasteiger charge is 2.42. The fourth-order valence-corrected chi connectivity index (χ4v) is 1.87. The molecule has 0 bridgehead atoms. The van der Waals surface area contributed by atoms with Crippen LogP contribution in [0.5, 0.6) is 0 Å². The average molecular weight is 289 g/mol. The van der Waals surface area contributed by atoms with Crippen LogP contribution in [0.1, 0.15) is 12.0 Å². The van der Waals surface area contributed by atoms with E-state index in [1.807, 2.05) is 0 Å². The van der Waals surface area contributed by atoms with Crippen LogP contribution < -0.4 is 0 Å². The third-order valence-electron chi connectivity index (χ3n) is 2.84. The molecule has 1 aromatic carbocycles. The number of carbonyl (C=O) groups excluding carboxylic acids is 1. The standard InChI is InChI=1S/C13H11F4NO2/c14-11-4-2-1-3-10(11)9-5-7-18(8-6-9)20-12(19)13(15,16)17/h1-5H,6-8H2. The summed E-state index contributed by atoms with van der Waals surface area (Å²) >= 11 is 0. The molecule has 1 aromatic rings. The Hall–Kier alpha value is -1.89. The molecule has 0 spiro atoms. The molecule has 0 radical (unpaired) electrons. The van der Waals surface area contributed by atoms with Crippen molar-refractivity contribution in [2.24, 2.45) is 0 Å². The van der Waals surface area contributed by atoms with Gasteiger partial charge in [0.1, 0.15) is 5.82 Å². The minimum absolute atomic E-state index is 0.00844. The van der Waals surface area contributed by atoms with E-state index in [9.17, 15) is 22.4 Å². The quantitative estimate of drug-likeness (QED) is 0.784. The van der Waals surface area contributed by atoms with E-state index in [1.165, 1.54) is 6.07 Å². The zero-order chi connectivity index (χ0) is 14.8. The maximum Gasteiger partial charge on any atom is 0.492 e. The van der Waals surface area contributed by atoms with Crippen LogP contribution in [0.2, 0.25) is 0 Å². The Labute approximate surface area is 112 Å². The maximum absolute atomic E-state index is 13.5. The van der Waals surface area contributed by atoms with Crippen molar-refractivity contribution in [2.75, 3.05) is 13.1 Å². The molecule has 0 aromatic heterocycles. The summed E-state index contributed by atoms with van der Waals surface area (Å²) < 4.78 is 49.6. The molecule has 0 N–H and O–H groups in total. The third kappa shape index (κ3) is 3.36. The summed E-state index contributed by atoms with van der Waals surface area (Å²) in [6, 6.07) is 6.14. The number of carbonyl (C=O) groups is 1. The molecule has 108 valence electrons. The summed E-state index contributed by atoms with van der Waals surface area (Å²) in [6.45, 7) is 0.0769. The van der Waals surface area contributed by atoms with Gasteiger partial charge >= 0.3 is 12.1 Å². The Morgan fingerprint density at radius 3 is 2.50 bits per heavy atom. The highest BCUT2D eigenvalue weighted by Crippen LogP contribution is 2.25. The second kappa shape index (κ2) is 5.62. The third-order valence-corrected chi connectivity index (χ3v) is 2.84. The van der Waals surface area contributed by atoms with Crippen molar-refractivity contribution in [2.45, 2.75) is 12.6 Å². The smallest absolute Gasteiger partial charge is 0.360 e. The Morgan fingerprint density at radius 1 is 1.25 bits per heavy atom. The van der Waals surface area contributed by atoms with Crippen molar-refractivity contribution < 1.29 is 27.2 Å². The van der Waals surface area contributed by atoms with Crippen molar-refractivity contribution in [3.63, 3.8) is 0 Å². The normalized spacial score (nSPS) is 16.7. The Bertz CT molecular complexity index is 539. The van der Waals surface area contributed by atoms with Gasteiger partial charge < -0.3 is 4.84 Å². The molecule has 1 aliphatic rings. The highest BCUT2D eigenvalue weighted by atomic mass is 19.4. The van der Waals surface area contributed by atoms with Gasteiger partial charge in [-0.25, -0.2) is 9.18 Å². The number of hydrogen-bond donors (Lipinski definition) is 0. The summed E-state index contributed by atoms with van der Waals surface area (Å²) in [7, 11) is 0. The second-order valence-electron chi connectivity index (χ2n) is 4.22. The zero-order valence-electron chi connectivity index (χ0n) is 10.3. The first-order valence-corrected chi connectivity index (χ1v) is 5.86. The van der Waals surface area contributed by atoms with E-state index in [2.05, 4.69) is 4.84 Å². The molecule has 0 saturated heterocycles. The van der Waals surface area contributed by atoms with Crippen LogP contribution in [0.4, 0.5) is 17.6 Å². The predicted octanol–water partition coefficient (Wildman–Crippen LogP) is 2.94. The van der Waals surface area contributed by atoms with Gasteiger partial charge in [-0.05, 0) is 18.1 Å². The molecular formula is C13H11F4NO2. The Morgan fingerprint density at radius 2 is 1.95 bits per heavy atom. The molecule has 0 amide bonds. The number of hydrogen-bond acceptors (Lipinski definition) is 3. The van der Waals surface area contributed by atoms with Gasteiger partial charge in [0, 0.05) is 12.1 Å². The number of hydroxylamine groups is 2.